The minimum absolute atomic E-state index is 0.0805. The number of nitriles is 2. The summed E-state index contributed by atoms with van der Waals surface area (Å²) in [5, 5.41) is 20.1. The van der Waals surface area contributed by atoms with Crippen molar-refractivity contribution in [2.75, 3.05) is 39.5 Å². The first-order valence-electron chi connectivity index (χ1n) is 5.98. The van der Waals surface area contributed by atoms with Crippen molar-refractivity contribution >= 4 is 0 Å². The predicted octanol–water partition coefficient (Wildman–Crippen LogP) is -1.97. The van der Waals surface area contributed by atoms with E-state index in [-0.39, 0.29) is 12.1 Å². The van der Waals surface area contributed by atoms with Crippen LogP contribution in [0.4, 0.5) is 0 Å². The van der Waals surface area contributed by atoms with Gasteiger partial charge in [-0.05, 0) is 0 Å². The fraction of sp³-hybridized carbons (Fsp3) is 0.800. The van der Waals surface area contributed by atoms with Crippen LogP contribution >= 0.6 is 0 Å². The van der Waals surface area contributed by atoms with Gasteiger partial charge in [0.2, 0.25) is 0 Å². The highest BCUT2D eigenvalue weighted by Gasteiger charge is 2.37. The third-order valence-electron chi connectivity index (χ3n) is 2.35. The van der Waals surface area contributed by atoms with Gasteiger partial charge in [0.25, 0.3) is 0 Å². The van der Waals surface area contributed by atoms with Gasteiger partial charge in [-0.3, -0.25) is 9.68 Å². The van der Waals surface area contributed by atoms with Crippen LogP contribution in [0.15, 0.2) is 0 Å². The van der Waals surface area contributed by atoms with Gasteiger partial charge in [0.1, 0.15) is 12.1 Å². The van der Waals surface area contributed by atoms with E-state index in [0.717, 1.165) is 0 Å². The Kier molecular flexibility index (Phi) is 7.98. The van der Waals surface area contributed by atoms with E-state index in [1.54, 1.807) is 10.1 Å². The molecular formula is C10H18N6O4. The average Bonchev–Trinajstić information content (AvgIpc) is 3.36. The summed E-state index contributed by atoms with van der Waals surface area (Å²) in [7, 11) is 0. The molecule has 10 heteroatoms. The quantitative estimate of drug-likeness (QED) is 0.293. The average molecular weight is 286 g/mol. The molecule has 2 saturated heterocycles. The number of hydroxylamine groups is 4. The Morgan fingerprint density at radius 3 is 1.50 bits per heavy atom. The molecule has 0 aliphatic carbocycles. The maximum atomic E-state index is 8.45. The maximum absolute atomic E-state index is 8.45. The molecule has 4 N–H and O–H groups in total. The normalized spacial score (nSPS) is 29.6. The van der Waals surface area contributed by atoms with Crippen LogP contribution in [0.25, 0.3) is 0 Å². The highest BCUT2D eigenvalue weighted by molar-refractivity contribution is 5.02. The molecule has 0 aromatic rings. The van der Waals surface area contributed by atoms with Crippen LogP contribution in [0.5, 0.6) is 0 Å². The topological polar surface area (TPSA) is 143 Å². The third kappa shape index (κ3) is 6.72. The van der Waals surface area contributed by atoms with Gasteiger partial charge in [0, 0.05) is 0 Å². The van der Waals surface area contributed by atoms with Gasteiger partial charge in [0.05, 0.1) is 51.7 Å². The summed E-state index contributed by atoms with van der Waals surface area (Å²) in [6.07, 6.45) is 0. The highest BCUT2D eigenvalue weighted by Crippen LogP contribution is 2.17. The summed E-state index contributed by atoms with van der Waals surface area (Å²) in [4.78, 5) is 18.5. The lowest BCUT2D eigenvalue weighted by Gasteiger charge is -2.04. The number of hydrogen-bond acceptors (Lipinski definition) is 10. The zero-order valence-corrected chi connectivity index (χ0v) is 11.0. The predicted molar refractivity (Wildman–Crippen MR) is 64.4 cm³/mol. The van der Waals surface area contributed by atoms with Gasteiger partial charge >= 0.3 is 0 Å². The lowest BCUT2D eigenvalue weighted by Crippen LogP contribution is -2.12. The molecule has 0 saturated carbocycles. The van der Waals surface area contributed by atoms with E-state index >= 15 is 0 Å². The summed E-state index contributed by atoms with van der Waals surface area (Å²) in [5.41, 5.74) is 0. The van der Waals surface area contributed by atoms with Crippen molar-refractivity contribution in [3.8, 4) is 12.1 Å². The standard InChI is InChI=1S/C8H10N4O2.C2H8N2O2/c9-3-7-5-11(7)13-1-2-14-12-6-8(12)4-10;3-5-1-2-6-4/h7-8H,1-2,5-6H2;1-4H2. The molecule has 0 spiro atoms. The molecule has 20 heavy (non-hydrogen) atoms. The highest BCUT2D eigenvalue weighted by atomic mass is 16.7. The SMILES string of the molecule is N#CC1CN1OCCON1CC1C#N.NOCCON. The van der Waals surface area contributed by atoms with Crippen molar-refractivity contribution < 1.29 is 19.4 Å². The molecule has 0 aromatic heterocycles. The van der Waals surface area contributed by atoms with Crippen LogP contribution in [0, 0.1) is 22.7 Å². The molecule has 2 aliphatic rings. The van der Waals surface area contributed by atoms with Gasteiger partial charge < -0.3 is 9.68 Å². The van der Waals surface area contributed by atoms with E-state index < -0.39 is 0 Å². The van der Waals surface area contributed by atoms with Crippen molar-refractivity contribution in [3.05, 3.63) is 0 Å². The Morgan fingerprint density at radius 1 is 0.850 bits per heavy atom. The van der Waals surface area contributed by atoms with Gasteiger partial charge in [0.15, 0.2) is 0 Å². The van der Waals surface area contributed by atoms with E-state index in [1.807, 2.05) is 0 Å². The first-order valence-corrected chi connectivity index (χ1v) is 5.98. The minimum Gasteiger partial charge on any atom is -0.302 e. The second-order valence-electron chi connectivity index (χ2n) is 3.90. The third-order valence-corrected chi connectivity index (χ3v) is 2.35. The van der Waals surface area contributed by atoms with Crippen LogP contribution in [0.2, 0.25) is 0 Å². The molecule has 0 bridgehead atoms. The fourth-order valence-electron chi connectivity index (χ4n) is 1.15. The largest absolute Gasteiger partial charge is 0.302 e. The van der Waals surface area contributed by atoms with Crippen LogP contribution in [-0.4, -0.2) is 61.7 Å². The van der Waals surface area contributed by atoms with Crippen LogP contribution in [0.3, 0.4) is 0 Å². The second-order valence-corrected chi connectivity index (χ2v) is 3.90. The molecule has 10 nitrogen and oxygen atoms in total. The molecule has 2 heterocycles. The molecule has 2 aliphatic heterocycles. The smallest absolute Gasteiger partial charge is 0.137 e. The summed E-state index contributed by atoms with van der Waals surface area (Å²) in [5.74, 6) is 9.16. The molecule has 2 fully saturated rings. The molecule has 2 rings (SSSR count). The van der Waals surface area contributed by atoms with Crippen molar-refractivity contribution in [2.24, 2.45) is 11.8 Å². The second kappa shape index (κ2) is 9.55. The van der Waals surface area contributed by atoms with E-state index in [9.17, 15) is 0 Å². The van der Waals surface area contributed by atoms with Crippen molar-refractivity contribution in [3.63, 3.8) is 0 Å². The van der Waals surface area contributed by atoms with Crippen LogP contribution < -0.4 is 11.8 Å². The van der Waals surface area contributed by atoms with Crippen molar-refractivity contribution in [2.45, 2.75) is 12.1 Å². The number of nitrogens with zero attached hydrogens (tertiary/aromatic N) is 4. The van der Waals surface area contributed by atoms with Crippen LogP contribution in [-0.2, 0) is 19.4 Å². The lowest BCUT2D eigenvalue weighted by molar-refractivity contribution is -0.137. The number of hydrogen-bond donors (Lipinski definition) is 2. The first kappa shape index (κ1) is 16.7. The summed E-state index contributed by atoms with van der Waals surface area (Å²) in [6.45, 7) is 2.90. The monoisotopic (exact) mass is 286 g/mol. The summed E-state index contributed by atoms with van der Waals surface area (Å²) < 4.78 is 0. The Hall–Kier alpha value is -1.34. The van der Waals surface area contributed by atoms with Gasteiger partial charge in [-0.25, -0.2) is 11.8 Å². The van der Waals surface area contributed by atoms with Crippen molar-refractivity contribution in [1.29, 1.82) is 10.5 Å². The lowest BCUT2D eigenvalue weighted by atomic mass is 10.6. The fourth-order valence-corrected chi connectivity index (χ4v) is 1.15. The Balaban J connectivity index is 0.000000286. The number of rotatable bonds is 8. The zero-order chi connectivity index (χ0) is 14.8. The van der Waals surface area contributed by atoms with Crippen molar-refractivity contribution in [1.82, 2.24) is 10.1 Å². The Morgan fingerprint density at radius 2 is 1.25 bits per heavy atom. The van der Waals surface area contributed by atoms with E-state index in [0.29, 0.717) is 39.5 Å². The van der Waals surface area contributed by atoms with Gasteiger partial charge in [-0.15, -0.1) is 0 Å². The maximum Gasteiger partial charge on any atom is 0.137 e. The van der Waals surface area contributed by atoms with Gasteiger partial charge in [-0.2, -0.15) is 20.7 Å². The molecule has 4 atom stereocenters. The molecular weight excluding hydrogens is 268 g/mol. The first-order chi connectivity index (χ1) is 9.76. The molecule has 4 unspecified atom stereocenters. The molecule has 112 valence electrons. The summed E-state index contributed by atoms with van der Waals surface area (Å²) >= 11 is 0. The molecule has 0 aromatic carbocycles. The van der Waals surface area contributed by atoms with E-state index in [1.165, 1.54) is 0 Å². The molecule has 0 radical (unpaired) electrons. The van der Waals surface area contributed by atoms with E-state index in [2.05, 4.69) is 33.6 Å². The van der Waals surface area contributed by atoms with Gasteiger partial charge in [-0.1, -0.05) is 0 Å². The number of nitrogens with two attached hydrogens (primary N) is 2. The van der Waals surface area contributed by atoms with E-state index in [4.69, 9.17) is 20.2 Å². The Labute approximate surface area is 116 Å². The zero-order valence-electron chi connectivity index (χ0n) is 11.0. The molecule has 0 amide bonds. The summed E-state index contributed by atoms with van der Waals surface area (Å²) in [6, 6.07) is 3.99. The Bertz CT molecular complexity index is 323. The minimum atomic E-state index is -0.0805. The van der Waals surface area contributed by atoms with Crippen LogP contribution in [0.1, 0.15) is 0 Å².